The van der Waals surface area contributed by atoms with Crippen LogP contribution in [0.5, 0.6) is 5.75 Å². The second kappa shape index (κ2) is 13.4. The van der Waals surface area contributed by atoms with Gasteiger partial charge in [0.05, 0.1) is 22.2 Å². The van der Waals surface area contributed by atoms with Crippen LogP contribution in [0.1, 0.15) is 38.8 Å². The maximum Gasteiger partial charge on any atom is 0.264 e. The minimum atomic E-state index is -4.21. The molecule has 41 heavy (non-hydrogen) atoms. The summed E-state index contributed by atoms with van der Waals surface area (Å²) in [5.41, 5.74) is 1.53. The Kier molecular flexibility index (Phi) is 10.7. The molecule has 3 aromatic carbocycles. The quantitative estimate of drug-likeness (QED) is 0.277. The van der Waals surface area contributed by atoms with Gasteiger partial charge in [0.15, 0.2) is 0 Å². The summed E-state index contributed by atoms with van der Waals surface area (Å²) < 4.78 is 35.7. The van der Waals surface area contributed by atoms with Gasteiger partial charge in [-0.15, -0.1) is 0 Å². The number of carbonyl (C=O) groups excluding carboxylic acids is 2. The smallest absolute Gasteiger partial charge is 0.264 e. The maximum absolute atomic E-state index is 14.0. The Morgan fingerprint density at radius 3 is 2.22 bits per heavy atom. The molecule has 0 aromatic heterocycles. The van der Waals surface area contributed by atoms with Gasteiger partial charge < -0.3 is 15.0 Å². The van der Waals surface area contributed by atoms with E-state index in [-0.39, 0.29) is 17.3 Å². The molecule has 0 fully saturated rings. The minimum Gasteiger partial charge on any atom is -0.496 e. The summed E-state index contributed by atoms with van der Waals surface area (Å²) in [4.78, 5) is 28.6. The van der Waals surface area contributed by atoms with Gasteiger partial charge in [-0.3, -0.25) is 13.9 Å². The number of nitrogens with zero attached hydrogens (tertiary/aromatic N) is 2. The van der Waals surface area contributed by atoms with Crippen molar-refractivity contribution in [3.8, 4) is 5.75 Å². The van der Waals surface area contributed by atoms with Gasteiger partial charge in [-0.25, -0.2) is 8.42 Å². The lowest BCUT2D eigenvalue weighted by Crippen LogP contribution is -2.54. The number of hydrogen-bond donors (Lipinski definition) is 1. The van der Waals surface area contributed by atoms with Crippen LogP contribution in [0.25, 0.3) is 0 Å². The highest BCUT2D eigenvalue weighted by molar-refractivity contribution is 9.10. The summed E-state index contributed by atoms with van der Waals surface area (Å²) >= 11 is 6.82. The van der Waals surface area contributed by atoms with E-state index in [4.69, 9.17) is 4.74 Å². The van der Waals surface area contributed by atoms with Crippen LogP contribution >= 0.6 is 31.9 Å². The van der Waals surface area contributed by atoms with E-state index in [1.807, 2.05) is 52.0 Å². The first-order valence-electron chi connectivity index (χ1n) is 12.9. The molecule has 3 aromatic rings. The van der Waals surface area contributed by atoms with Gasteiger partial charge in [0.1, 0.15) is 18.3 Å². The SMILES string of the molecule is COc1ccc(S(=O)(=O)N(CC(=O)N(Cc2cccc(Br)c2)[C@@H](C)C(=O)NC(C)(C)C)c2ccc(C)cc2)cc1Br. The van der Waals surface area contributed by atoms with Crippen molar-refractivity contribution in [1.29, 1.82) is 0 Å². The molecule has 0 saturated carbocycles. The zero-order chi connectivity index (χ0) is 30.5. The third-order valence-corrected chi connectivity index (χ3v) is 9.10. The molecule has 2 amide bonds. The van der Waals surface area contributed by atoms with Crippen molar-refractivity contribution in [2.75, 3.05) is 18.0 Å². The number of aryl methyl sites for hydroxylation is 1. The van der Waals surface area contributed by atoms with Crippen LogP contribution in [0.15, 0.2) is 80.6 Å². The second-order valence-electron chi connectivity index (χ2n) is 10.7. The van der Waals surface area contributed by atoms with Gasteiger partial charge in [0.25, 0.3) is 10.0 Å². The number of ether oxygens (including phenoxy) is 1. The third-order valence-electron chi connectivity index (χ3n) is 6.22. The molecule has 0 spiro atoms. The first-order chi connectivity index (χ1) is 19.1. The van der Waals surface area contributed by atoms with E-state index in [2.05, 4.69) is 37.2 Å². The Bertz CT molecular complexity index is 1510. The largest absolute Gasteiger partial charge is 0.496 e. The molecule has 0 aliphatic rings. The first kappa shape index (κ1) is 32.6. The molecule has 0 bridgehead atoms. The van der Waals surface area contributed by atoms with E-state index in [0.29, 0.717) is 15.9 Å². The van der Waals surface area contributed by atoms with Crippen molar-refractivity contribution < 1.29 is 22.7 Å². The Morgan fingerprint density at radius 2 is 1.66 bits per heavy atom. The predicted molar refractivity (Wildman–Crippen MR) is 168 cm³/mol. The average Bonchev–Trinajstić information content (AvgIpc) is 2.89. The highest BCUT2D eigenvalue weighted by atomic mass is 79.9. The second-order valence-corrected chi connectivity index (χ2v) is 14.3. The number of hydrogen-bond acceptors (Lipinski definition) is 5. The highest BCUT2D eigenvalue weighted by Crippen LogP contribution is 2.31. The van der Waals surface area contributed by atoms with Crippen LogP contribution in [0.4, 0.5) is 5.69 Å². The van der Waals surface area contributed by atoms with Crippen LogP contribution in [0, 0.1) is 6.92 Å². The Balaban J connectivity index is 2.06. The van der Waals surface area contributed by atoms with Gasteiger partial charge >= 0.3 is 0 Å². The lowest BCUT2D eigenvalue weighted by molar-refractivity contribution is -0.140. The van der Waals surface area contributed by atoms with Gasteiger partial charge in [0, 0.05) is 16.6 Å². The fourth-order valence-corrected chi connectivity index (χ4v) is 6.64. The zero-order valence-electron chi connectivity index (χ0n) is 23.9. The fraction of sp³-hybridized carbons (Fsp3) is 0.333. The number of benzene rings is 3. The number of carbonyl (C=O) groups is 2. The van der Waals surface area contributed by atoms with E-state index in [1.165, 1.54) is 24.1 Å². The summed E-state index contributed by atoms with van der Waals surface area (Å²) in [6.07, 6.45) is 0. The van der Waals surface area contributed by atoms with Crippen molar-refractivity contribution >= 4 is 59.4 Å². The Labute approximate surface area is 259 Å². The molecule has 0 unspecified atom stereocenters. The fourth-order valence-electron chi connectivity index (χ4n) is 4.06. The van der Waals surface area contributed by atoms with Crippen LogP contribution < -0.4 is 14.4 Å². The molecule has 0 radical (unpaired) electrons. The third kappa shape index (κ3) is 8.56. The van der Waals surface area contributed by atoms with Crippen molar-refractivity contribution in [3.05, 3.63) is 86.8 Å². The van der Waals surface area contributed by atoms with E-state index in [0.717, 1.165) is 19.9 Å². The average molecular weight is 710 g/mol. The van der Waals surface area contributed by atoms with Crippen molar-refractivity contribution in [2.45, 2.75) is 57.6 Å². The van der Waals surface area contributed by atoms with Gasteiger partial charge in [0.2, 0.25) is 11.8 Å². The number of halogens is 2. The van der Waals surface area contributed by atoms with Gasteiger partial charge in [-0.2, -0.15) is 0 Å². The van der Waals surface area contributed by atoms with Crippen molar-refractivity contribution in [1.82, 2.24) is 10.2 Å². The number of rotatable bonds is 10. The van der Waals surface area contributed by atoms with E-state index in [9.17, 15) is 18.0 Å². The number of amides is 2. The maximum atomic E-state index is 14.0. The lowest BCUT2D eigenvalue weighted by atomic mass is 10.1. The Morgan fingerprint density at radius 1 is 1.00 bits per heavy atom. The molecule has 3 rings (SSSR count). The summed E-state index contributed by atoms with van der Waals surface area (Å²) in [5.74, 6) is -0.399. The number of sulfonamides is 1. The Hall–Kier alpha value is -2.89. The predicted octanol–water partition coefficient (Wildman–Crippen LogP) is 6.06. The van der Waals surface area contributed by atoms with Gasteiger partial charge in [-0.1, -0.05) is 45.8 Å². The standard InChI is InChI=1S/C30H35Br2N3O5S/c1-20-10-12-24(13-11-20)35(41(38,39)25-14-15-27(40-6)26(32)17-25)19-28(36)34(18-22-8-7-9-23(31)16-22)21(2)29(37)33-30(3,4)5/h7-17,21H,18-19H2,1-6H3,(H,33,37)/t21-/m0/s1. The highest BCUT2D eigenvalue weighted by Gasteiger charge is 2.33. The van der Waals surface area contributed by atoms with Crippen LogP contribution in [-0.4, -0.2) is 50.4 Å². The van der Waals surface area contributed by atoms with Crippen LogP contribution in [0.3, 0.4) is 0 Å². The van der Waals surface area contributed by atoms with Gasteiger partial charge in [-0.05, 0) is 98.6 Å². The molecule has 220 valence electrons. The van der Waals surface area contributed by atoms with Crippen LogP contribution in [-0.2, 0) is 26.2 Å². The first-order valence-corrected chi connectivity index (χ1v) is 15.9. The number of anilines is 1. The lowest BCUT2D eigenvalue weighted by Gasteiger charge is -2.33. The molecule has 11 heteroatoms. The molecular weight excluding hydrogens is 674 g/mol. The van der Waals surface area contributed by atoms with E-state index >= 15 is 0 Å². The minimum absolute atomic E-state index is 0.0179. The van der Waals surface area contributed by atoms with E-state index in [1.54, 1.807) is 37.3 Å². The summed E-state index contributed by atoms with van der Waals surface area (Å²) in [5, 5.41) is 2.92. The molecule has 1 N–H and O–H groups in total. The molecule has 0 saturated heterocycles. The summed E-state index contributed by atoms with van der Waals surface area (Å²) in [7, 11) is -2.72. The number of methoxy groups -OCH3 is 1. The van der Waals surface area contributed by atoms with Crippen molar-refractivity contribution in [3.63, 3.8) is 0 Å². The van der Waals surface area contributed by atoms with E-state index < -0.39 is 34.1 Å². The monoisotopic (exact) mass is 707 g/mol. The molecule has 0 aliphatic carbocycles. The molecule has 1 atom stereocenters. The van der Waals surface area contributed by atoms with Crippen molar-refractivity contribution in [2.24, 2.45) is 0 Å². The molecule has 0 heterocycles. The zero-order valence-corrected chi connectivity index (χ0v) is 27.9. The molecule has 8 nitrogen and oxygen atoms in total. The normalized spacial score (nSPS) is 12.4. The summed E-state index contributed by atoms with van der Waals surface area (Å²) in [6.45, 7) is 8.69. The topological polar surface area (TPSA) is 96.0 Å². The molecular formula is C30H35Br2N3O5S. The summed E-state index contributed by atoms with van der Waals surface area (Å²) in [6, 6.07) is 17.8. The van der Waals surface area contributed by atoms with Crippen LogP contribution in [0.2, 0.25) is 0 Å². The molecule has 0 aliphatic heterocycles. The number of nitrogens with one attached hydrogen (secondary N) is 1.